The van der Waals surface area contributed by atoms with Crippen molar-refractivity contribution in [2.45, 2.75) is 39.7 Å². The molecule has 0 aliphatic rings. The summed E-state index contributed by atoms with van der Waals surface area (Å²) < 4.78 is 11.1. The summed E-state index contributed by atoms with van der Waals surface area (Å²) in [5.74, 6) is 1.55. The Bertz CT molecular complexity index is 714. The molecule has 5 heteroatoms. The maximum absolute atomic E-state index is 11.0. The molecule has 0 saturated heterocycles. The van der Waals surface area contributed by atoms with E-state index in [1.807, 2.05) is 52.0 Å². The number of nitrogens with two attached hydrogens (primary N) is 2. The Morgan fingerprint density at radius 1 is 1.08 bits per heavy atom. The minimum atomic E-state index is -0.767. The summed E-state index contributed by atoms with van der Waals surface area (Å²) in [4.78, 5) is 11.0. The predicted molar refractivity (Wildman–Crippen MR) is 95.3 cm³/mol. The van der Waals surface area contributed by atoms with Gasteiger partial charge in [-0.2, -0.15) is 0 Å². The van der Waals surface area contributed by atoms with Crippen LogP contribution >= 0.6 is 0 Å². The summed E-state index contributed by atoms with van der Waals surface area (Å²) in [5.41, 5.74) is 13.9. The number of hydrogen-bond acceptors (Lipinski definition) is 4. The molecule has 0 bridgehead atoms. The Hall–Kier alpha value is -2.69. The van der Waals surface area contributed by atoms with Crippen molar-refractivity contribution in [3.05, 3.63) is 53.1 Å². The monoisotopic (exact) mass is 328 g/mol. The number of carbonyl (C=O) groups is 1. The van der Waals surface area contributed by atoms with Gasteiger partial charge in [0.05, 0.1) is 0 Å². The second kappa shape index (κ2) is 6.83. The molecule has 0 spiro atoms. The van der Waals surface area contributed by atoms with E-state index in [2.05, 4.69) is 0 Å². The van der Waals surface area contributed by atoms with Gasteiger partial charge in [-0.1, -0.05) is 12.1 Å². The van der Waals surface area contributed by atoms with E-state index in [-0.39, 0.29) is 0 Å². The van der Waals surface area contributed by atoms with Crippen molar-refractivity contribution in [3.63, 3.8) is 0 Å². The lowest BCUT2D eigenvalue weighted by atomic mass is 9.95. The molecule has 1 amide bonds. The topological polar surface area (TPSA) is 87.6 Å². The average molecular weight is 328 g/mol. The molecule has 4 N–H and O–H groups in total. The van der Waals surface area contributed by atoms with E-state index in [1.165, 1.54) is 0 Å². The third-order valence-corrected chi connectivity index (χ3v) is 3.63. The van der Waals surface area contributed by atoms with Crippen molar-refractivity contribution in [2.24, 2.45) is 5.73 Å². The number of benzene rings is 2. The van der Waals surface area contributed by atoms with Crippen molar-refractivity contribution in [3.8, 4) is 11.5 Å². The fourth-order valence-corrected chi connectivity index (χ4v) is 2.76. The Morgan fingerprint density at radius 2 is 1.62 bits per heavy atom. The highest BCUT2D eigenvalue weighted by Gasteiger charge is 2.23. The van der Waals surface area contributed by atoms with Crippen molar-refractivity contribution < 1.29 is 14.3 Å². The number of amides is 1. The fraction of sp³-hybridized carbons (Fsp3) is 0.316. The van der Waals surface area contributed by atoms with Crippen LogP contribution in [0.15, 0.2) is 36.4 Å². The van der Waals surface area contributed by atoms with E-state index in [4.69, 9.17) is 20.9 Å². The van der Waals surface area contributed by atoms with E-state index < -0.39 is 11.7 Å². The molecule has 128 valence electrons. The predicted octanol–water partition coefficient (Wildman–Crippen LogP) is 4.09. The van der Waals surface area contributed by atoms with Crippen LogP contribution in [0.1, 0.15) is 30.5 Å². The number of hydrogen-bond donors (Lipinski definition) is 2. The van der Waals surface area contributed by atoms with Gasteiger partial charge in [-0.25, -0.2) is 4.79 Å². The van der Waals surface area contributed by atoms with Gasteiger partial charge in [0.2, 0.25) is 0 Å². The fourth-order valence-electron chi connectivity index (χ4n) is 2.76. The first-order chi connectivity index (χ1) is 11.2. The summed E-state index contributed by atoms with van der Waals surface area (Å²) in [6.07, 6.45) is -0.198. The summed E-state index contributed by atoms with van der Waals surface area (Å²) in [5, 5.41) is 0. The van der Waals surface area contributed by atoms with Gasteiger partial charge in [-0.05, 0) is 68.7 Å². The molecule has 0 aliphatic heterocycles. The second-order valence-electron chi connectivity index (χ2n) is 6.59. The molecule has 0 aromatic heterocycles. The SMILES string of the molecule is Cc1cc(CC(C)(C)OC(N)=O)cc(C)c1Oc1ccc(N)cc1. The first kappa shape index (κ1) is 17.7. The first-order valence-electron chi connectivity index (χ1n) is 7.78. The summed E-state index contributed by atoms with van der Waals surface area (Å²) in [6.45, 7) is 7.65. The van der Waals surface area contributed by atoms with Crippen molar-refractivity contribution in [1.29, 1.82) is 0 Å². The molecule has 24 heavy (non-hydrogen) atoms. The van der Waals surface area contributed by atoms with Crippen molar-refractivity contribution in [1.82, 2.24) is 0 Å². The van der Waals surface area contributed by atoms with Crippen LogP contribution in [0.3, 0.4) is 0 Å². The van der Waals surface area contributed by atoms with E-state index in [1.54, 1.807) is 12.1 Å². The molecule has 0 radical (unpaired) electrons. The number of aryl methyl sites for hydroxylation is 2. The van der Waals surface area contributed by atoms with E-state index in [9.17, 15) is 4.79 Å². The third kappa shape index (κ3) is 4.65. The molecule has 2 aromatic rings. The lowest BCUT2D eigenvalue weighted by Crippen LogP contribution is -2.33. The Labute approximate surface area is 142 Å². The van der Waals surface area contributed by atoms with Gasteiger partial charge >= 0.3 is 6.09 Å². The molecule has 2 aromatic carbocycles. The van der Waals surface area contributed by atoms with Gasteiger partial charge in [-0.3, -0.25) is 0 Å². The van der Waals surface area contributed by atoms with Crippen LogP contribution in [0.4, 0.5) is 10.5 Å². The standard InChI is InChI=1S/C19H24N2O3/c1-12-9-14(11-19(3,4)24-18(21)22)10-13(2)17(12)23-16-7-5-15(20)6-8-16/h5-10H,11,20H2,1-4H3,(H2,21,22). The van der Waals surface area contributed by atoms with Crippen LogP contribution in [0, 0.1) is 13.8 Å². The molecular weight excluding hydrogens is 304 g/mol. The van der Waals surface area contributed by atoms with Crippen molar-refractivity contribution in [2.75, 3.05) is 5.73 Å². The summed E-state index contributed by atoms with van der Waals surface area (Å²) >= 11 is 0. The summed E-state index contributed by atoms with van der Waals surface area (Å²) in [6, 6.07) is 11.4. The second-order valence-corrected chi connectivity index (χ2v) is 6.59. The third-order valence-electron chi connectivity index (χ3n) is 3.63. The molecular formula is C19H24N2O3. The number of ether oxygens (including phenoxy) is 2. The van der Waals surface area contributed by atoms with Gasteiger partial charge in [0.1, 0.15) is 17.1 Å². The number of rotatable bonds is 5. The van der Waals surface area contributed by atoms with Gasteiger partial charge < -0.3 is 20.9 Å². The molecule has 0 fully saturated rings. The zero-order valence-corrected chi connectivity index (χ0v) is 14.6. The van der Waals surface area contributed by atoms with Crippen LogP contribution in [-0.2, 0) is 11.2 Å². The lowest BCUT2D eigenvalue weighted by molar-refractivity contribution is 0.0460. The maximum Gasteiger partial charge on any atom is 0.405 e. The minimum Gasteiger partial charge on any atom is -0.457 e. The largest absolute Gasteiger partial charge is 0.457 e. The number of nitrogen functional groups attached to an aromatic ring is 1. The van der Waals surface area contributed by atoms with Crippen LogP contribution in [0.5, 0.6) is 11.5 Å². The molecule has 0 saturated carbocycles. The van der Waals surface area contributed by atoms with Crippen LogP contribution in [0.2, 0.25) is 0 Å². The van der Waals surface area contributed by atoms with E-state index in [0.717, 1.165) is 28.2 Å². The van der Waals surface area contributed by atoms with Gasteiger partial charge in [0, 0.05) is 12.1 Å². The molecule has 0 aliphatic carbocycles. The Morgan fingerprint density at radius 3 is 2.12 bits per heavy atom. The smallest absolute Gasteiger partial charge is 0.405 e. The Kier molecular flexibility index (Phi) is 5.02. The van der Waals surface area contributed by atoms with Crippen LogP contribution < -0.4 is 16.2 Å². The van der Waals surface area contributed by atoms with Crippen LogP contribution in [-0.4, -0.2) is 11.7 Å². The molecule has 0 unspecified atom stereocenters. The molecule has 2 rings (SSSR count). The number of primary amides is 1. The average Bonchev–Trinajstić information content (AvgIpc) is 2.42. The summed E-state index contributed by atoms with van der Waals surface area (Å²) in [7, 11) is 0. The molecule has 5 nitrogen and oxygen atoms in total. The molecule has 0 heterocycles. The number of anilines is 1. The van der Waals surface area contributed by atoms with Gasteiger partial charge in [0.15, 0.2) is 0 Å². The highest BCUT2D eigenvalue weighted by molar-refractivity contribution is 5.65. The Balaban J connectivity index is 2.21. The first-order valence-corrected chi connectivity index (χ1v) is 7.78. The quantitative estimate of drug-likeness (QED) is 0.809. The van der Waals surface area contributed by atoms with Crippen molar-refractivity contribution >= 4 is 11.8 Å². The minimum absolute atomic E-state index is 0.569. The van der Waals surface area contributed by atoms with E-state index >= 15 is 0 Å². The van der Waals surface area contributed by atoms with Gasteiger partial charge in [-0.15, -0.1) is 0 Å². The van der Waals surface area contributed by atoms with Gasteiger partial charge in [0.25, 0.3) is 0 Å². The lowest BCUT2D eigenvalue weighted by Gasteiger charge is -2.25. The maximum atomic E-state index is 11.0. The zero-order valence-electron chi connectivity index (χ0n) is 14.6. The van der Waals surface area contributed by atoms with Crippen LogP contribution in [0.25, 0.3) is 0 Å². The zero-order chi connectivity index (χ0) is 17.9. The highest BCUT2D eigenvalue weighted by Crippen LogP contribution is 2.31. The normalized spacial score (nSPS) is 11.2. The molecule has 0 atom stereocenters. The number of carbonyl (C=O) groups excluding carboxylic acids is 1. The van der Waals surface area contributed by atoms with E-state index in [0.29, 0.717) is 12.1 Å². The highest BCUT2D eigenvalue weighted by atomic mass is 16.6.